The third-order valence-electron chi connectivity index (χ3n) is 3.64. The van der Waals surface area contributed by atoms with E-state index in [0.29, 0.717) is 13.1 Å². The van der Waals surface area contributed by atoms with Gasteiger partial charge in [0.05, 0.1) is 0 Å². The fourth-order valence-corrected chi connectivity index (χ4v) is 2.07. The number of carboxylic acids is 1. The highest BCUT2D eigenvalue weighted by Crippen LogP contribution is 2.23. The molecule has 3 atom stereocenters. The van der Waals surface area contributed by atoms with E-state index in [9.17, 15) is 9.59 Å². The predicted molar refractivity (Wildman–Crippen MR) is 68.5 cm³/mol. The molecule has 6 heteroatoms. The van der Waals surface area contributed by atoms with Crippen LogP contribution in [0.5, 0.6) is 0 Å². The number of carboxylic acid groups (broad SMARTS) is 1. The molecule has 0 aromatic carbocycles. The molecule has 1 saturated heterocycles. The Morgan fingerprint density at radius 3 is 2.61 bits per heavy atom. The lowest BCUT2D eigenvalue weighted by atomic mass is 10.0. The Labute approximate surface area is 108 Å². The molecule has 0 spiro atoms. The number of likely N-dealkylation sites (tertiary alicyclic amines) is 1. The predicted octanol–water partition coefficient (Wildman–Crippen LogP) is 0.441. The number of rotatable bonds is 4. The van der Waals surface area contributed by atoms with Crippen LogP contribution in [0, 0.1) is 5.92 Å². The quantitative estimate of drug-likeness (QED) is 0.766. The molecule has 6 nitrogen and oxygen atoms in total. The molecule has 1 fully saturated rings. The van der Waals surface area contributed by atoms with Crippen molar-refractivity contribution in [3.05, 3.63) is 0 Å². The highest BCUT2D eigenvalue weighted by atomic mass is 16.4. The molecule has 0 aromatic rings. The molecular weight excluding hydrogens is 234 g/mol. The second-order valence-corrected chi connectivity index (χ2v) is 5.24. The monoisotopic (exact) mass is 257 g/mol. The van der Waals surface area contributed by atoms with Gasteiger partial charge in [0.15, 0.2) is 0 Å². The van der Waals surface area contributed by atoms with E-state index in [4.69, 9.17) is 5.11 Å². The third kappa shape index (κ3) is 3.35. The van der Waals surface area contributed by atoms with Crippen LogP contribution in [-0.2, 0) is 4.79 Å². The summed E-state index contributed by atoms with van der Waals surface area (Å²) in [6, 6.07) is -0.752. The average molecular weight is 257 g/mol. The smallest absolute Gasteiger partial charge is 0.326 e. The Morgan fingerprint density at radius 2 is 2.11 bits per heavy atom. The molecule has 2 amide bonds. The summed E-state index contributed by atoms with van der Waals surface area (Å²) in [6.07, 6.45) is 0.744. The van der Waals surface area contributed by atoms with Crippen LogP contribution in [0.4, 0.5) is 4.79 Å². The maximum Gasteiger partial charge on any atom is 0.326 e. The molecule has 0 saturated carbocycles. The SMILES string of the molecule is CC1CCN(C(=O)NCC(C)N(C)C)C1C(=O)O. The number of hydrogen-bond acceptors (Lipinski definition) is 3. The lowest BCUT2D eigenvalue weighted by molar-refractivity contribution is -0.142. The summed E-state index contributed by atoms with van der Waals surface area (Å²) in [5, 5.41) is 11.9. The minimum absolute atomic E-state index is 0.0134. The number of urea groups is 1. The van der Waals surface area contributed by atoms with E-state index in [2.05, 4.69) is 5.32 Å². The molecule has 2 N–H and O–H groups in total. The van der Waals surface area contributed by atoms with Crippen molar-refractivity contribution in [2.75, 3.05) is 27.2 Å². The second-order valence-electron chi connectivity index (χ2n) is 5.24. The summed E-state index contributed by atoms with van der Waals surface area (Å²) in [6.45, 7) is 4.90. The summed E-state index contributed by atoms with van der Waals surface area (Å²) >= 11 is 0. The minimum atomic E-state index is -0.921. The van der Waals surface area contributed by atoms with Crippen LogP contribution < -0.4 is 5.32 Å². The van der Waals surface area contributed by atoms with Gasteiger partial charge < -0.3 is 20.2 Å². The molecule has 3 unspecified atom stereocenters. The van der Waals surface area contributed by atoms with Crippen LogP contribution in [0.3, 0.4) is 0 Å². The van der Waals surface area contributed by atoms with Crippen molar-refractivity contribution in [3.63, 3.8) is 0 Å². The summed E-state index contributed by atoms with van der Waals surface area (Å²) in [5.74, 6) is -0.907. The van der Waals surface area contributed by atoms with Crippen LogP contribution in [-0.4, -0.2) is 66.2 Å². The van der Waals surface area contributed by atoms with Crippen molar-refractivity contribution < 1.29 is 14.7 Å². The Balaban J connectivity index is 2.54. The molecule has 0 radical (unpaired) electrons. The fourth-order valence-electron chi connectivity index (χ4n) is 2.07. The zero-order valence-corrected chi connectivity index (χ0v) is 11.5. The van der Waals surface area contributed by atoms with Gasteiger partial charge in [-0.3, -0.25) is 0 Å². The minimum Gasteiger partial charge on any atom is -0.480 e. The zero-order valence-electron chi connectivity index (χ0n) is 11.5. The number of amides is 2. The first-order valence-corrected chi connectivity index (χ1v) is 6.28. The van der Waals surface area contributed by atoms with Crippen molar-refractivity contribution in [3.8, 4) is 0 Å². The summed E-state index contributed by atoms with van der Waals surface area (Å²) in [5.41, 5.74) is 0. The van der Waals surface area contributed by atoms with Gasteiger partial charge in [-0.1, -0.05) is 6.92 Å². The molecule has 1 aliphatic rings. The van der Waals surface area contributed by atoms with E-state index < -0.39 is 12.0 Å². The Morgan fingerprint density at radius 1 is 1.50 bits per heavy atom. The van der Waals surface area contributed by atoms with Gasteiger partial charge >= 0.3 is 12.0 Å². The van der Waals surface area contributed by atoms with E-state index >= 15 is 0 Å². The number of carbonyl (C=O) groups is 2. The highest BCUT2D eigenvalue weighted by molar-refractivity contribution is 5.83. The molecule has 0 aliphatic carbocycles. The maximum atomic E-state index is 12.0. The van der Waals surface area contributed by atoms with Gasteiger partial charge in [-0.15, -0.1) is 0 Å². The molecule has 18 heavy (non-hydrogen) atoms. The first-order chi connectivity index (χ1) is 8.34. The summed E-state index contributed by atoms with van der Waals surface area (Å²) in [4.78, 5) is 26.5. The molecule has 1 aliphatic heterocycles. The van der Waals surface area contributed by atoms with Gasteiger partial charge in [-0.25, -0.2) is 9.59 Å². The Kier molecular flexibility index (Phi) is 4.95. The Hall–Kier alpha value is -1.30. The molecule has 0 bridgehead atoms. The van der Waals surface area contributed by atoms with Crippen molar-refractivity contribution in [2.24, 2.45) is 5.92 Å². The van der Waals surface area contributed by atoms with E-state index in [1.807, 2.05) is 32.8 Å². The molecule has 1 rings (SSSR count). The fraction of sp³-hybridized carbons (Fsp3) is 0.833. The van der Waals surface area contributed by atoms with Crippen molar-refractivity contribution in [1.29, 1.82) is 0 Å². The van der Waals surface area contributed by atoms with Crippen LogP contribution in [0.15, 0.2) is 0 Å². The van der Waals surface area contributed by atoms with Gasteiger partial charge in [0, 0.05) is 19.1 Å². The number of nitrogens with zero attached hydrogens (tertiary/aromatic N) is 2. The van der Waals surface area contributed by atoms with Gasteiger partial charge in [-0.05, 0) is 33.4 Å². The van der Waals surface area contributed by atoms with Crippen LogP contribution in [0.1, 0.15) is 20.3 Å². The summed E-state index contributed by atoms with van der Waals surface area (Å²) in [7, 11) is 3.88. The average Bonchev–Trinajstić information content (AvgIpc) is 2.67. The first kappa shape index (κ1) is 14.8. The van der Waals surface area contributed by atoms with E-state index in [1.165, 1.54) is 4.90 Å². The number of likely N-dealkylation sites (N-methyl/N-ethyl adjacent to an activating group) is 1. The standard InChI is InChI=1S/C12H23N3O3/c1-8-5-6-15(10(8)11(16)17)12(18)13-7-9(2)14(3)4/h8-10H,5-7H2,1-4H3,(H,13,18)(H,16,17). The highest BCUT2D eigenvalue weighted by Gasteiger charge is 2.39. The van der Waals surface area contributed by atoms with E-state index in [-0.39, 0.29) is 18.0 Å². The van der Waals surface area contributed by atoms with Crippen molar-refractivity contribution in [1.82, 2.24) is 15.1 Å². The van der Waals surface area contributed by atoms with Gasteiger partial charge in [0.25, 0.3) is 0 Å². The largest absolute Gasteiger partial charge is 0.480 e. The molecule has 1 heterocycles. The van der Waals surface area contributed by atoms with E-state index in [1.54, 1.807) is 0 Å². The second kappa shape index (κ2) is 6.04. The van der Waals surface area contributed by atoms with Crippen LogP contribution in [0.2, 0.25) is 0 Å². The normalized spacial score (nSPS) is 25.3. The van der Waals surface area contributed by atoms with Crippen LogP contribution >= 0.6 is 0 Å². The Bertz CT molecular complexity index is 320. The topological polar surface area (TPSA) is 72.9 Å². The maximum absolute atomic E-state index is 12.0. The number of hydrogen-bond donors (Lipinski definition) is 2. The van der Waals surface area contributed by atoms with Gasteiger partial charge in [0.1, 0.15) is 6.04 Å². The van der Waals surface area contributed by atoms with Gasteiger partial charge in [-0.2, -0.15) is 0 Å². The molecule has 0 aromatic heterocycles. The van der Waals surface area contributed by atoms with Crippen molar-refractivity contribution in [2.45, 2.75) is 32.4 Å². The third-order valence-corrected chi connectivity index (χ3v) is 3.64. The molecular formula is C12H23N3O3. The van der Waals surface area contributed by atoms with Crippen molar-refractivity contribution >= 4 is 12.0 Å². The number of aliphatic carboxylic acids is 1. The first-order valence-electron chi connectivity index (χ1n) is 6.28. The zero-order chi connectivity index (χ0) is 13.9. The number of nitrogens with one attached hydrogen (secondary N) is 1. The lowest BCUT2D eigenvalue weighted by Gasteiger charge is -2.26. The molecule has 104 valence electrons. The number of carbonyl (C=O) groups excluding carboxylic acids is 1. The van der Waals surface area contributed by atoms with Gasteiger partial charge in [0.2, 0.25) is 0 Å². The van der Waals surface area contributed by atoms with Crippen LogP contribution in [0.25, 0.3) is 0 Å². The van der Waals surface area contributed by atoms with E-state index in [0.717, 1.165) is 6.42 Å². The lowest BCUT2D eigenvalue weighted by Crippen LogP contribution is -2.49. The summed E-state index contributed by atoms with van der Waals surface area (Å²) < 4.78 is 0.